The summed E-state index contributed by atoms with van der Waals surface area (Å²) in [7, 11) is 0. The van der Waals surface area contributed by atoms with E-state index in [-0.39, 0.29) is 17.7 Å². The standard InChI is InChI=1S/C38H37FO2/c1-25-19-30-22-35(23-31(30)20-25)41-33-14-9-28(10-15-33)38-36(27-7-12-32(39)13-8-27)17-11-29-21-34(16-18-37(29)38)40-24-26-5-3-2-4-6-26/h2-10,12-16,18,21,30-31,35-36,38H,1,11,17,19-20,22-24H2/t30?,31?,35?,36-,38+/m1/s1. The van der Waals surface area contributed by atoms with Crippen LogP contribution in [0.5, 0.6) is 11.5 Å². The molecule has 4 aromatic rings. The third kappa shape index (κ3) is 5.55. The van der Waals surface area contributed by atoms with E-state index in [1.165, 1.54) is 40.7 Å². The van der Waals surface area contributed by atoms with Gasteiger partial charge in [0.25, 0.3) is 0 Å². The molecule has 3 aliphatic rings. The Hall–Kier alpha value is -3.85. The molecule has 0 N–H and O–H groups in total. The molecule has 0 saturated heterocycles. The van der Waals surface area contributed by atoms with Crippen molar-refractivity contribution in [1.82, 2.24) is 0 Å². The Kier molecular flexibility index (Phi) is 7.12. The Balaban J connectivity index is 1.13. The Labute approximate surface area is 242 Å². The number of hydrogen-bond donors (Lipinski definition) is 0. The van der Waals surface area contributed by atoms with Gasteiger partial charge in [-0.3, -0.25) is 0 Å². The Morgan fingerprint density at radius 1 is 0.756 bits per heavy atom. The Bertz CT molecular complexity index is 1490. The summed E-state index contributed by atoms with van der Waals surface area (Å²) in [6, 6.07) is 32.7. The minimum Gasteiger partial charge on any atom is -0.490 e. The number of aryl methyl sites for hydroxylation is 1. The smallest absolute Gasteiger partial charge is 0.123 e. The molecule has 208 valence electrons. The van der Waals surface area contributed by atoms with Crippen LogP contribution in [0.2, 0.25) is 0 Å². The van der Waals surface area contributed by atoms with Gasteiger partial charge < -0.3 is 9.47 Å². The van der Waals surface area contributed by atoms with Crippen molar-refractivity contribution in [1.29, 1.82) is 0 Å². The molecule has 0 bridgehead atoms. The lowest BCUT2D eigenvalue weighted by Crippen LogP contribution is -2.21. The van der Waals surface area contributed by atoms with E-state index in [1.54, 1.807) is 12.1 Å². The van der Waals surface area contributed by atoms with Gasteiger partial charge >= 0.3 is 0 Å². The predicted molar refractivity (Wildman–Crippen MR) is 162 cm³/mol. The molecule has 41 heavy (non-hydrogen) atoms. The van der Waals surface area contributed by atoms with Gasteiger partial charge in [0.1, 0.15) is 23.9 Å². The second-order valence-corrected chi connectivity index (χ2v) is 12.3. The van der Waals surface area contributed by atoms with Crippen LogP contribution in [0.1, 0.15) is 71.8 Å². The summed E-state index contributed by atoms with van der Waals surface area (Å²) < 4.78 is 26.5. The van der Waals surface area contributed by atoms with Crippen LogP contribution in [-0.2, 0) is 13.0 Å². The molecule has 0 amide bonds. The number of benzene rings is 4. The third-order valence-corrected chi connectivity index (χ3v) is 9.56. The van der Waals surface area contributed by atoms with Crippen molar-refractivity contribution in [2.75, 3.05) is 0 Å². The SMILES string of the molecule is C=C1CC2CC(Oc3ccc([C@@H]4c5ccc(OCc6ccccc6)cc5CC[C@@H]4c4ccc(F)cc4)cc3)CC2C1. The highest BCUT2D eigenvalue weighted by molar-refractivity contribution is 5.48. The molecule has 2 unspecified atom stereocenters. The number of fused-ring (bicyclic) bond motifs is 2. The van der Waals surface area contributed by atoms with E-state index in [1.807, 2.05) is 30.3 Å². The molecule has 0 heterocycles. The lowest BCUT2D eigenvalue weighted by molar-refractivity contribution is 0.200. The summed E-state index contributed by atoms with van der Waals surface area (Å²) in [5.41, 5.74) is 7.69. The van der Waals surface area contributed by atoms with Crippen LogP contribution in [0.15, 0.2) is 109 Å². The molecule has 2 saturated carbocycles. The van der Waals surface area contributed by atoms with E-state index in [0.717, 1.165) is 54.6 Å². The number of ether oxygens (including phenoxy) is 2. The van der Waals surface area contributed by atoms with Gasteiger partial charge in [0.15, 0.2) is 0 Å². The summed E-state index contributed by atoms with van der Waals surface area (Å²) in [6.45, 7) is 4.76. The molecule has 0 radical (unpaired) electrons. The van der Waals surface area contributed by atoms with Gasteiger partial charge in [-0.25, -0.2) is 4.39 Å². The molecule has 0 aromatic heterocycles. The van der Waals surface area contributed by atoms with Crippen molar-refractivity contribution >= 4 is 0 Å². The minimum absolute atomic E-state index is 0.179. The largest absolute Gasteiger partial charge is 0.490 e. The van der Waals surface area contributed by atoms with Crippen molar-refractivity contribution < 1.29 is 13.9 Å². The average molecular weight is 545 g/mol. The molecule has 3 heteroatoms. The van der Waals surface area contributed by atoms with Crippen LogP contribution >= 0.6 is 0 Å². The number of rotatable bonds is 7. The summed E-state index contributed by atoms with van der Waals surface area (Å²) in [5.74, 6) is 3.62. The van der Waals surface area contributed by atoms with Crippen LogP contribution in [-0.4, -0.2) is 6.10 Å². The van der Waals surface area contributed by atoms with Crippen LogP contribution in [0.25, 0.3) is 0 Å². The first kappa shape index (κ1) is 26.1. The second kappa shape index (κ2) is 11.2. The minimum atomic E-state index is -0.191. The van der Waals surface area contributed by atoms with E-state index in [4.69, 9.17) is 9.47 Å². The van der Waals surface area contributed by atoms with Crippen molar-refractivity contribution in [3.63, 3.8) is 0 Å². The highest BCUT2D eigenvalue weighted by atomic mass is 19.1. The summed E-state index contributed by atoms with van der Waals surface area (Å²) in [4.78, 5) is 0. The molecule has 2 fully saturated rings. The van der Waals surface area contributed by atoms with Crippen LogP contribution < -0.4 is 9.47 Å². The Morgan fingerprint density at radius 2 is 1.44 bits per heavy atom. The van der Waals surface area contributed by atoms with E-state index in [2.05, 4.69) is 61.2 Å². The maximum absolute atomic E-state index is 13.8. The fraction of sp³-hybridized carbons (Fsp3) is 0.316. The number of allylic oxidation sites excluding steroid dienone is 1. The molecule has 2 nitrogen and oxygen atoms in total. The zero-order valence-corrected chi connectivity index (χ0v) is 23.5. The van der Waals surface area contributed by atoms with Gasteiger partial charge in [0, 0.05) is 5.92 Å². The van der Waals surface area contributed by atoms with Crippen LogP contribution in [0.3, 0.4) is 0 Å². The zero-order valence-electron chi connectivity index (χ0n) is 23.5. The van der Waals surface area contributed by atoms with Crippen LogP contribution in [0, 0.1) is 17.7 Å². The summed E-state index contributed by atoms with van der Waals surface area (Å²) in [5, 5.41) is 0. The monoisotopic (exact) mass is 544 g/mol. The van der Waals surface area contributed by atoms with Gasteiger partial charge in [-0.05, 0) is 120 Å². The molecular formula is C38H37FO2. The summed E-state index contributed by atoms with van der Waals surface area (Å²) in [6.07, 6.45) is 6.91. The molecule has 4 aromatic carbocycles. The van der Waals surface area contributed by atoms with E-state index < -0.39 is 0 Å². The molecule has 4 atom stereocenters. The molecule has 3 aliphatic carbocycles. The van der Waals surface area contributed by atoms with Crippen molar-refractivity contribution in [2.24, 2.45) is 11.8 Å². The average Bonchev–Trinajstić information content (AvgIpc) is 3.53. The van der Waals surface area contributed by atoms with E-state index in [9.17, 15) is 4.39 Å². The first-order valence-corrected chi connectivity index (χ1v) is 15.1. The fourth-order valence-electron chi connectivity index (χ4n) is 7.63. The number of halogens is 1. The van der Waals surface area contributed by atoms with Gasteiger partial charge in [0.2, 0.25) is 0 Å². The first-order valence-electron chi connectivity index (χ1n) is 15.1. The highest BCUT2D eigenvalue weighted by Gasteiger charge is 2.40. The van der Waals surface area contributed by atoms with Gasteiger partial charge in [-0.1, -0.05) is 72.8 Å². The fourth-order valence-corrected chi connectivity index (χ4v) is 7.63. The number of hydrogen-bond acceptors (Lipinski definition) is 2. The quantitative estimate of drug-likeness (QED) is 0.216. The van der Waals surface area contributed by atoms with Gasteiger partial charge in [-0.15, -0.1) is 0 Å². The lowest BCUT2D eigenvalue weighted by Gasteiger charge is -2.35. The normalized spacial score (nSPS) is 25.0. The maximum atomic E-state index is 13.8. The van der Waals surface area contributed by atoms with Crippen LogP contribution in [0.4, 0.5) is 4.39 Å². The molecule has 7 rings (SSSR count). The summed E-state index contributed by atoms with van der Waals surface area (Å²) >= 11 is 0. The molecule has 0 aliphatic heterocycles. The third-order valence-electron chi connectivity index (χ3n) is 9.56. The molecular weight excluding hydrogens is 507 g/mol. The van der Waals surface area contributed by atoms with Crippen molar-refractivity contribution in [3.05, 3.63) is 143 Å². The predicted octanol–water partition coefficient (Wildman–Crippen LogP) is 9.39. The van der Waals surface area contributed by atoms with Gasteiger partial charge in [0.05, 0.1) is 6.10 Å². The van der Waals surface area contributed by atoms with Gasteiger partial charge in [-0.2, -0.15) is 0 Å². The van der Waals surface area contributed by atoms with Crippen molar-refractivity contribution in [2.45, 2.75) is 63.1 Å². The first-order chi connectivity index (χ1) is 20.1. The van der Waals surface area contributed by atoms with E-state index >= 15 is 0 Å². The second-order valence-electron chi connectivity index (χ2n) is 12.3. The van der Waals surface area contributed by atoms with Crippen molar-refractivity contribution in [3.8, 4) is 11.5 Å². The maximum Gasteiger partial charge on any atom is 0.123 e. The molecule has 0 spiro atoms. The topological polar surface area (TPSA) is 18.5 Å². The Morgan fingerprint density at radius 3 is 2.17 bits per heavy atom. The van der Waals surface area contributed by atoms with E-state index in [0.29, 0.717) is 12.7 Å². The zero-order chi connectivity index (χ0) is 27.8. The lowest BCUT2D eigenvalue weighted by atomic mass is 9.69. The highest BCUT2D eigenvalue weighted by Crippen LogP contribution is 2.49.